The van der Waals surface area contributed by atoms with Gasteiger partial charge < -0.3 is 5.32 Å². The predicted molar refractivity (Wildman–Crippen MR) is 89.1 cm³/mol. The van der Waals surface area contributed by atoms with Crippen LogP contribution in [0.15, 0.2) is 34.8 Å². The maximum absolute atomic E-state index is 13.8. The number of hydrogen-bond acceptors (Lipinski definition) is 2. The molecule has 0 spiro atoms. The highest BCUT2D eigenvalue weighted by Crippen LogP contribution is 2.37. The van der Waals surface area contributed by atoms with E-state index < -0.39 is 55.9 Å². The van der Waals surface area contributed by atoms with Crippen molar-refractivity contribution in [1.29, 1.82) is 0 Å². The summed E-state index contributed by atoms with van der Waals surface area (Å²) in [5, 5.41) is 3.27. The number of amides is 1. The van der Waals surface area contributed by atoms with Crippen LogP contribution in [-0.2, 0) is 6.18 Å². The molecule has 1 amide bonds. The number of hydrogen-bond donors (Lipinski definition) is 2. The largest absolute Gasteiger partial charge is 0.417 e. The standard InChI is InChI=1S/C15H7BrF6N2OS/c16-7-5-10(19)11(4-6(7)15(20,21)22)23-14(26)24-13(25)12-8(17)2-1-3-9(12)18/h1-5H,(H2,23,24,25,26). The third kappa shape index (κ3) is 4.52. The normalized spacial score (nSPS) is 11.2. The van der Waals surface area contributed by atoms with E-state index in [4.69, 9.17) is 0 Å². The Bertz CT molecular complexity index is 867. The molecule has 2 aromatic rings. The van der Waals surface area contributed by atoms with E-state index in [1.165, 1.54) is 0 Å². The van der Waals surface area contributed by atoms with Gasteiger partial charge in [-0.15, -0.1) is 0 Å². The van der Waals surface area contributed by atoms with Gasteiger partial charge in [0.15, 0.2) is 5.11 Å². The van der Waals surface area contributed by atoms with Crippen LogP contribution in [-0.4, -0.2) is 11.0 Å². The Kier molecular flexibility index (Phi) is 5.91. The van der Waals surface area contributed by atoms with E-state index in [2.05, 4.69) is 28.1 Å². The zero-order chi connectivity index (χ0) is 19.6. The molecule has 0 bridgehead atoms. The third-order valence-electron chi connectivity index (χ3n) is 3.03. The summed E-state index contributed by atoms with van der Waals surface area (Å²) in [6, 6.07) is 3.69. The van der Waals surface area contributed by atoms with Crippen molar-refractivity contribution in [1.82, 2.24) is 5.32 Å². The number of nitrogens with one attached hydrogen (secondary N) is 2. The molecule has 0 unspecified atom stereocenters. The molecule has 0 fully saturated rings. The number of rotatable bonds is 2. The summed E-state index contributed by atoms with van der Waals surface area (Å²) in [6.07, 6.45) is -4.77. The van der Waals surface area contributed by atoms with Crippen LogP contribution in [0.25, 0.3) is 0 Å². The first-order valence-corrected chi connectivity index (χ1v) is 7.83. The number of carbonyl (C=O) groups excluding carboxylic acids is 1. The summed E-state index contributed by atoms with van der Waals surface area (Å²) >= 11 is 7.28. The molecule has 0 aliphatic heterocycles. The number of benzene rings is 2. The van der Waals surface area contributed by atoms with Crippen LogP contribution in [0.2, 0.25) is 0 Å². The van der Waals surface area contributed by atoms with Gasteiger partial charge in [0.1, 0.15) is 23.0 Å². The Morgan fingerprint density at radius 1 is 1.04 bits per heavy atom. The van der Waals surface area contributed by atoms with E-state index in [1.807, 2.05) is 10.6 Å². The average molecular weight is 457 g/mol. The number of alkyl halides is 3. The highest BCUT2D eigenvalue weighted by atomic mass is 79.9. The monoisotopic (exact) mass is 456 g/mol. The van der Waals surface area contributed by atoms with Gasteiger partial charge in [-0.1, -0.05) is 22.0 Å². The van der Waals surface area contributed by atoms with E-state index >= 15 is 0 Å². The van der Waals surface area contributed by atoms with Crippen LogP contribution in [0.3, 0.4) is 0 Å². The van der Waals surface area contributed by atoms with Crippen LogP contribution in [0.4, 0.5) is 32.0 Å². The first-order valence-electron chi connectivity index (χ1n) is 6.63. The lowest BCUT2D eigenvalue weighted by atomic mass is 10.2. The molecule has 0 aliphatic rings. The predicted octanol–water partition coefficient (Wildman–Crippen LogP) is 5.01. The van der Waals surface area contributed by atoms with Crippen molar-refractivity contribution in [2.24, 2.45) is 0 Å². The molecule has 0 radical (unpaired) electrons. The highest BCUT2D eigenvalue weighted by Gasteiger charge is 2.34. The highest BCUT2D eigenvalue weighted by molar-refractivity contribution is 9.10. The minimum Gasteiger partial charge on any atom is -0.330 e. The molecule has 0 saturated carbocycles. The van der Waals surface area contributed by atoms with Crippen LogP contribution in [0.5, 0.6) is 0 Å². The maximum atomic E-state index is 13.8. The van der Waals surface area contributed by atoms with E-state index in [-0.39, 0.29) is 0 Å². The zero-order valence-corrected chi connectivity index (χ0v) is 14.8. The Morgan fingerprint density at radius 2 is 1.62 bits per heavy atom. The van der Waals surface area contributed by atoms with Gasteiger partial charge >= 0.3 is 6.18 Å². The smallest absolute Gasteiger partial charge is 0.330 e. The lowest BCUT2D eigenvalue weighted by Gasteiger charge is -2.14. The minimum absolute atomic E-state index is 0.432. The number of halogens is 7. The van der Waals surface area contributed by atoms with Crippen LogP contribution in [0, 0.1) is 17.5 Å². The average Bonchev–Trinajstić information content (AvgIpc) is 2.48. The molecule has 2 N–H and O–H groups in total. The summed E-state index contributed by atoms with van der Waals surface area (Å²) in [5.74, 6) is -4.72. The number of anilines is 1. The fourth-order valence-corrected chi connectivity index (χ4v) is 2.64. The summed E-state index contributed by atoms with van der Waals surface area (Å²) in [4.78, 5) is 11.9. The van der Waals surface area contributed by atoms with Crippen molar-refractivity contribution in [3.63, 3.8) is 0 Å². The summed E-state index contributed by atoms with van der Waals surface area (Å²) in [7, 11) is 0. The van der Waals surface area contributed by atoms with Gasteiger partial charge in [-0.05, 0) is 36.5 Å². The third-order valence-corrected chi connectivity index (χ3v) is 3.89. The molecule has 0 aliphatic carbocycles. The Labute approximate surface area is 156 Å². The van der Waals surface area contributed by atoms with Gasteiger partial charge in [0, 0.05) is 4.47 Å². The van der Waals surface area contributed by atoms with Crippen molar-refractivity contribution >= 4 is 44.9 Å². The van der Waals surface area contributed by atoms with Gasteiger partial charge in [-0.3, -0.25) is 10.1 Å². The molecule has 0 heterocycles. The molecule has 26 heavy (non-hydrogen) atoms. The quantitative estimate of drug-likeness (QED) is 0.492. The molecule has 0 atom stereocenters. The molecule has 0 saturated heterocycles. The topological polar surface area (TPSA) is 41.1 Å². The first kappa shape index (κ1) is 20.2. The van der Waals surface area contributed by atoms with Gasteiger partial charge in [0.25, 0.3) is 5.91 Å². The summed E-state index contributed by atoms with van der Waals surface area (Å²) in [6.45, 7) is 0. The van der Waals surface area contributed by atoms with E-state index in [9.17, 15) is 31.1 Å². The van der Waals surface area contributed by atoms with Crippen LogP contribution in [0.1, 0.15) is 15.9 Å². The van der Waals surface area contributed by atoms with Crippen molar-refractivity contribution in [2.75, 3.05) is 5.32 Å². The van der Waals surface area contributed by atoms with Crippen molar-refractivity contribution in [3.05, 3.63) is 63.4 Å². The van der Waals surface area contributed by atoms with E-state index in [1.54, 1.807) is 0 Å². The number of thiocarbonyl (C=S) groups is 1. The van der Waals surface area contributed by atoms with Crippen molar-refractivity contribution in [2.45, 2.75) is 6.18 Å². The van der Waals surface area contributed by atoms with Crippen molar-refractivity contribution in [3.8, 4) is 0 Å². The lowest BCUT2D eigenvalue weighted by Crippen LogP contribution is -2.35. The lowest BCUT2D eigenvalue weighted by molar-refractivity contribution is -0.138. The Balaban J connectivity index is 2.22. The summed E-state index contributed by atoms with van der Waals surface area (Å²) in [5.41, 5.74) is -2.81. The van der Waals surface area contributed by atoms with Gasteiger partial charge in [0.2, 0.25) is 0 Å². The molecule has 138 valence electrons. The maximum Gasteiger partial charge on any atom is 0.417 e. The number of carbonyl (C=O) groups is 1. The Hall–Kier alpha value is -2.14. The molecule has 3 nitrogen and oxygen atoms in total. The second-order valence-electron chi connectivity index (χ2n) is 4.81. The minimum atomic E-state index is -4.77. The summed E-state index contributed by atoms with van der Waals surface area (Å²) < 4.78 is 78.9. The fraction of sp³-hybridized carbons (Fsp3) is 0.0667. The zero-order valence-electron chi connectivity index (χ0n) is 12.3. The SMILES string of the molecule is O=C(NC(=S)Nc1cc(C(F)(F)F)c(Br)cc1F)c1c(F)cccc1F. The molecule has 2 rings (SSSR count). The second kappa shape index (κ2) is 7.62. The van der Waals surface area contributed by atoms with Crippen LogP contribution >= 0.6 is 28.1 Å². The molecule has 2 aromatic carbocycles. The van der Waals surface area contributed by atoms with Crippen molar-refractivity contribution < 1.29 is 31.1 Å². The van der Waals surface area contributed by atoms with Gasteiger partial charge in [0.05, 0.1) is 11.3 Å². The fourth-order valence-electron chi connectivity index (χ4n) is 1.90. The molecular weight excluding hydrogens is 450 g/mol. The molecular formula is C15H7BrF6N2OS. The van der Waals surface area contributed by atoms with E-state index in [0.29, 0.717) is 12.1 Å². The van der Waals surface area contributed by atoms with Crippen LogP contribution < -0.4 is 10.6 Å². The second-order valence-corrected chi connectivity index (χ2v) is 6.08. The van der Waals surface area contributed by atoms with Gasteiger partial charge in [-0.25, -0.2) is 13.2 Å². The molecule has 0 aromatic heterocycles. The Morgan fingerprint density at radius 3 is 2.15 bits per heavy atom. The first-order chi connectivity index (χ1) is 12.0. The van der Waals surface area contributed by atoms with Gasteiger partial charge in [-0.2, -0.15) is 13.2 Å². The molecule has 11 heteroatoms. The van der Waals surface area contributed by atoms with E-state index in [0.717, 1.165) is 18.2 Å².